The molecule has 0 spiro atoms. The largest absolute Gasteiger partial charge is 0.323 e. The third-order valence-electron chi connectivity index (χ3n) is 3.23. The Morgan fingerprint density at radius 2 is 2.32 bits per heavy atom. The molecule has 19 heavy (non-hydrogen) atoms. The fourth-order valence-electron chi connectivity index (χ4n) is 2.12. The zero-order chi connectivity index (χ0) is 14.0. The summed E-state index contributed by atoms with van der Waals surface area (Å²) < 4.78 is 0. The third kappa shape index (κ3) is 3.02. The molecule has 102 valence electrons. The summed E-state index contributed by atoms with van der Waals surface area (Å²) in [6, 6.07) is 3.69. The second-order valence-electron chi connectivity index (χ2n) is 4.61. The molecule has 2 unspecified atom stereocenters. The van der Waals surface area contributed by atoms with Gasteiger partial charge in [-0.25, -0.2) is 0 Å². The lowest BCUT2D eigenvalue weighted by atomic mass is 10.0. The summed E-state index contributed by atoms with van der Waals surface area (Å²) in [5.74, 6) is 0.0184. The molecule has 1 amide bonds. The lowest BCUT2D eigenvalue weighted by molar-refractivity contribution is -0.384. The van der Waals surface area contributed by atoms with Crippen molar-refractivity contribution in [1.82, 2.24) is 5.32 Å². The molecule has 1 aliphatic heterocycles. The van der Waals surface area contributed by atoms with Crippen molar-refractivity contribution in [3.05, 3.63) is 33.3 Å². The van der Waals surface area contributed by atoms with E-state index in [1.54, 1.807) is 0 Å². The van der Waals surface area contributed by atoms with E-state index in [9.17, 15) is 14.9 Å². The van der Waals surface area contributed by atoms with Crippen LogP contribution >= 0.6 is 11.6 Å². The molecule has 1 aliphatic rings. The average Bonchev–Trinajstić information content (AvgIpc) is 2.78. The summed E-state index contributed by atoms with van der Waals surface area (Å²) in [4.78, 5) is 22.2. The van der Waals surface area contributed by atoms with Crippen LogP contribution in [0.4, 0.5) is 11.4 Å². The van der Waals surface area contributed by atoms with Crippen molar-refractivity contribution in [1.29, 1.82) is 0 Å². The van der Waals surface area contributed by atoms with E-state index in [1.165, 1.54) is 18.2 Å². The number of amides is 1. The van der Waals surface area contributed by atoms with Crippen molar-refractivity contribution < 1.29 is 9.72 Å². The van der Waals surface area contributed by atoms with E-state index in [1.807, 2.05) is 6.92 Å². The number of nitro groups is 1. The first kappa shape index (κ1) is 13.8. The first-order valence-electron chi connectivity index (χ1n) is 5.97. The van der Waals surface area contributed by atoms with Gasteiger partial charge in [0.05, 0.1) is 21.7 Å². The Morgan fingerprint density at radius 3 is 2.89 bits per heavy atom. The quantitative estimate of drug-likeness (QED) is 0.658. The third-order valence-corrected chi connectivity index (χ3v) is 3.56. The number of nitro benzene ring substituents is 1. The number of hydrogen-bond donors (Lipinski definition) is 2. The SMILES string of the molecule is CC1CCNC1C(=O)Nc1cc([N+](=O)[O-])ccc1Cl. The summed E-state index contributed by atoms with van der Waals surface area (Å²) in [5.41, 5.74) is 0.161. The molecule has 1 aromatic carbocycles. The Bertz CT molecular complexity index is 521. The van der Waals surface area contributed by atoms with Crippen LogP contribution < -0.4 is 10.6 Å². The Balaban J connectivity index is 2.16. The molecular weight excluding hydrogens is 270 g/mol. The van der Waals surface area contributed by atoms with Gasteiger partial charge in [0, 0.05) is 12.1 Å². The van der Waals surface area contributed by atoms with E-state index in [2.05, 4.69) is 10.6 Å². The Hall–Kier alpha value is -1.66. The molecule has 7 heteroatoms. The van der Waals surface area contributed by atoms with Gasteiger partial charge in [0.15, 0.2) is 0 Å². The highest BCUT2D eigenvalue weighted by atomic mass is 35.5. The lowest BCUT2D eigenvalue weighted by Crippen LogP contribution is -2.39. The number of nitrogens with zero attached hydrogens (tertiary/aromatic N) is 1. The van der Waals surface area contributed by atoms with E-state index in [0.717, 1.165) is 13.0 Å². The van der Waals surface area contributed by atoms with Crippen LogP contribution in [0.3, 0.4) is 0 Å². The van der Waals surface area contributed by atoms with Gasteiger partial charge >= 0.3 is 0 Å². The number of benzene rings is 1. The van der Waals surface area contributed by atoms with E-state index in [0.29, 0.717) is 0 Å². The fourth-order valence-corrected chi connectivity index (χ4v) is 2.28. The number of carbonyl (C=O) groups is 1. The van der Waals surface area contributed by atoms with E-state index in [4.69, 9.17) is 11.6 Å². The fraction of sp³-hybridized carbons (Fsp3) is 0.417. The first-order chi connectivity index (χ1) is 8.99. The summed E-state index contributed by atoms with van der Waals surface area (Å²) in [6.45, 7) is 2.78. The van der Waals surface area contributed by atoms with Gasteiger partial charge in [-0.1, -0.05) is 18.5 Å². The Labute approximate surface area is 115 Å². The minimum Gasteiger partial charge on any atom is -0.323 e. The zero-order valence-corrected chi connectivity index (χ0v) is 11.1. The van der Waals surface area contributed by atoms with Crippen molar-refractivity contribution in [3.63, 3.8) is 0 Å². The van der Waals surface area contributed by atoms with Crippen LogP contribution in [0.5, 0.6) is 0 Å². The number of nitrogens with one attached hydrogen (secondary N) is 2. The predicted molar refractivity (Wildman–Crippen MR) is 72.3 cm³/mol. The summed E-state index contributed by atoms with van der Waals surface area (Å²) in [5, 5.41) is 16.7. The molecule has 1 heterocycles. The summed E-state index contributed by atoms with van der Waals surface area (Å²) in [7, 11) is 0. The molecule has 0 radical (unpaired) electrons. The van der Waals surface area contributed by atoms with Crippen LogP contribution in [0.15, 0.2) is 18.2 Å². The van der Waals surface area contributed by atoms with Crippen molar-refractivity contribution in [2.75, 3.05) is 11.9 Å². The second-order valence-corrected chi connectivity index (χ2v) is 5.02. The average molecular weight is 284 g/mol. The number of rotatable bonds is 3. The van der Waals surface area contributed by atoms with E-state index < -0.39 is 4.92 Å². The highest BCUT2D eigenvalue weighted by molar-refractivity contribution is 6.33. The van der Waals surface area contributed by atoms with Crippen LogP contribution in [0.1, 0.15) is 13.3 Å². The molecule has 2 rings (SSSR count). The van der Waals surface area contributed by atoms with Gasteiger partial charge in [-0.05, 0) is 24.9 Å². The maximum atomic E-state index is 12.1. The molecular formula is C12H14ClN3O3. The van der Waals surface area contributed by atoms with Crippen LogP contribution in [0.25, 0.3) is 0 Å². The van der Waals surface area contributed by atoms with E-state index in [-0.39, 0.29) is 34.3 Å². The molecule has 0 aromatic heterocycles. The molecule has 0 aliphatic carbocycles. The van der Waals surface area contributed by atoms with Crippen LogP contribution in [-0.2, 0) is 4.79 Å². The zero-order valence-electron chi connectivity index (χ0n) is 10.4. The van der Waals surface area contributed by atoms with Crippen molar-refractivity contribution >= 4 is 28.9 Å². The molecule has 0 saturated carbocycles. The smallest absolute Gasteiger partial charge is 0.271 e. The van der Waals surface area contributed by atoms with Crippen LogP contribution in [0.2, 0.25) is 5.02 Å². The van der Waals surface area contributed by atoms with Gasteiger partial charge in [0.1, 0.15) is 0 Å². The van der Waals surface area contributed by atoms with Gasteiger partial charge in [0.25, 0.3) is 5.69 Å². The molecule has 0 bridgehead atoms. The molecule has 1 fully saturated rings. The van der Waals surface area contributed by atoms with Crippen molar-refractivity contribution in [2.45, 2.75) is 19.4 Å². The molecule has 6 nitrogen and oxygen atoms in total. The van der Waals surface area contributed by atoms with Crippen molar-refractivity contribution in [2.24, 2.45) is 5.92 Å². The lowest BCUT2D eigenvalue weighted by Gasteiger charge is -2.15. The van der Waals surface area contributed by atoms with Crippen LogP contribution in [-0.4, -0.2) is 23.4 Å². The molecule has 1 saturated heterocycles. The van der Waals surface area contributed by atoms with Crippen molar-refractivity contribution in [3.8, 4) is 0 Å². The molecule has 2 N–H and O–H groups in total. The molecule has 1 aromatic rings. The normalized spacial score (nSPS) is 22.2. The minimum absolute atomic E-state index is 0.105. The van der Waals surface area contributed by atoms with Crippen LogP contribution in [0, 0.1) is 16.0 Å². The van der Waals surface area contributed by atoms with Gasteiger partial charge < -0.3 is 10.6 Å². The number of anilines is 1. The topological polar surface area (TPSA) is 84.3 Å². The molecule has 2 atom stereocenters. The Kier molecular flexibility index (Phi) is 4.01. The van der Waals surface area contributed by atoms with Gasteiger partial charge in [-0.15, -0.1) is 0 Å². The highest BCUT2D eigenvalue weighted by Gasteiger charge is 2.29. The number of non-ortho nitro benzene ring substituents is 1. The monoisotopic (exact) mass is 283 g/mol. The van der Waals surface area contributed by atoms with Gasteiger partial charge in [-0.2, -0.15) is 0 Å². The minimum atomic E-state index is -0.525. The number of hydrogen-bond acceptors (Lipinski definition) is 4. The summed E-state index contributed by atoms with van der Waals surface area (Å²) >= 11 is 5.93. The van der Waals surface area contributed by atoms with Gasteiger partial charge in [0.2, 0.25) is 5.91 Å². The maximum absolute atomic E-state index is 12.1. The predicted octanol–water partition coefficient (Wildman–Crippen LogP) is 2.18. The number of carbonyl (C=O) groups excluding carboxylic acids is 1. The number of halogens is 1. The second kappa shape index (κ2) is 5.54. The first-order valence-corrected chi connectivity index (χ1v) is 6.35. The standard InChI is InChI=1S/C12H14ClN3O3/c1-7-4-5-14-11(7)12(17)15-10-6-8(16(18)19)2-3-9(10)13/h2-3,6-7,11,14H,4-5H2,1H3,(H,15,17). The Morgan fingerprint density at radius 1 is 1.58 bits per heavy atom. The summed E-state index contributed by atoms with van der Waals surface area (Å²) in [6.07, 6.45) is 0.931. The van der Waals surface area contributed by atoms with Gasteiger partial charge in [-0.3, -0.25) is 14.9 Å². The maximum Gasteiger partial charge on any atom is 0.271 e. The highest BCUT2D eigenvalue weighted by Crippen LogP contribution is 2.27. The van der Waals surface area contributed by atoms with E-state index >= 15 is 0 Å².